The molecule has 0 spiro atoms. The largest absolute Gasteiger partial charge is 0.481 e. The van der Waals surface area contributed by atoms with Crippen molar-refractivity contribution in [3.05, 3.63) is 34.9 Å². The van der Waals surface area contributed by atoms with Gasteiger partial charge in [0, 0.05) is 13.1 Å². The molecule has 1 aromatic carbocycles. The number of carboxylic acids is 1. The molecule has 0 saturated carbocycles. The summed E-state index contributed by atoms with van der Waals surface area (Å²) in [6.45, 7) is 8.67. The molecule has 0 bridgehead atoms. The quantitative estimate of drug-likeness (QED) is 0.905. The van der Waals surface area contributed by atoms with Gasteiger partial charge in [-0.15, -0.1) is 0 Å². The zero-order chi connectivity index (χ0) is 14.0. The van der Waals surface area contributed by atoms with Crippen LogP contribution in [-0.2, 0) is 11.3 Å². The first-order chi connectivity index (χ1) is 8.98. The van der Waals surface area contributed by atoms with Gasteiger partial charge in [0.15, 0.2) is 0 Å². The maximum atomic E-state index is 11.4. The lowest BCUT2D eigenvalue weighted by atomic mass is 9.84. The van der Waals surface area contributed by atoms with Gasteiger partial charge in [0.25, 0.3) is 0 Å². The third kappa shape index (κ3) is 2.66. The lowest BCUT2D eigenvalue weighted by molar-refractivity contribution is -0.148. The number of benzene rings is 1. The fourth-order valence-electron chi connectivity index (χ4n) is 2.93. The van der Waals surface area contributed by atoms with Crippen LogP contribution in [0.2, 0.25) is 0 Å². The van der Waals surface area contributed by atoms with Crippen LogP contribution in [0.5, 0.6) is 0 Å². The Kier molecular flexibility index (Phi) is 3.95. The molecule has 1 aliphatic rings. The van der Waals surface area contributed by atoms with Crippen LogP contribution < -0.4 is 0 Å². The van der Waals surface area contributed by atoms with Crippen molar-refractivity contribution in [2.75, 3.05) is 13.1 Å². The highest BCUT2D eigenvalue weighted by molar-refractivity contribution is 5.75. The Morgan fingerprint density at radius 3 is 2.74 bits per heavy atom. The van der Waals surface area contributed by atoms with Gasteiger partial charge in [-0.1, -0.05) is 25.1 Å². The highest BCUT2D eigenvalue weighted by atomic mass is 16.4. The monoisotopic (exact) mass is 261 g/mol. The summed E-state index contributed by atoms with van der Waals surface area (Å²) in [5.74, 6) is -0.640. The van der Waals surface area contributed by atoms with E-state index in [0.717, 1.165) is 19.5 Å². The molecule has 3 heteroatoms. The number of likely N-dealkylation sites (tertiary alicyclic amines) is 1. The van der Waals surface area contributed by atoms with Crippen molar-refractivity contribution in [2.24, 2.45) is 5.41 Å². The third-order valence-corrected chi connectivity index (χ3v) is 4.67. The molecule has 2 rings (SSSR count). The van der Waals surface area contributed by atoms with Gasteiger partial charge in [0.1, 0.15) is 0 Å². The van der Waals surface area contributed by atoms with Gasteiger partial charge in [-0.05, 0) is 49.9 Å². The van der Waals surface area contributed by atoms with Crippen LogP contribution in [0.4, 0.5) is 0 Å². The van der Waals surface area contributed by atoms with Crippen molar-refractivity contribution in [1.82, 2.24) is 4.90 Å². The minimum absolute atomic E-state index is 0.530. The van der Waals surface area contributed by atoms with Crippen molar-refractivity contribution in [3.63, 3.8) is 0 Å². The van der Waals surface area contributed by atoms with Crippen LogP contribution in [0.15, 0.2) is 18.2 Å². The molecule has 0 amide bonds. The highest BCUT2D eigenvalue weighted by Crippen LogP contribution is 2.35. The lowest BCUT2D eigenvalue weighted by Crippen LogP contribution is -2.34. The second-order valence-corrected chi connectivity index (χ2v) is 5.76. The normalized spacial score (nSPS) is 23.7. The first kappa shape index (κ1) is 14.1. The molecule has 1 heterocycles. The summed E-state index contributed by atoms with van der Waals surface area (Å²) >= 11 is 0. The average Bonchev–Trinajstić information content (AvgIpc) is 2.80. The van der Waals surface area contributed by atoms with Gasteiger partial charge in [0.2, 0.25) is 0 Å². The Morgan fingerprint density at radius 1 is 1.42 bits per heavy atom. The topological polar surface area (TPSA) is 40.5 Å². The zero-order valence-electron chi connectivity index (χ0n) is 12.1. The zero-order valence-corrected chi connectivity index (χ0v) is 12.1. The summed E-state index contributed by atoms with van der Waals surface area (Å²) in [5, 5.41) is 9.42. The molecule has 0 aromatic heterocycles. The number of aliphatic carboxylic acids is 1. The summed E-state index contributed by atoms with van der Waals surface area (Å²) < 4.78 is 0. The molecule has 3 nitrogen and oxygen atoms in total. The number of rotatable bonds is 4. The maximum absolute atomic E-state index is 11.4. The van der Waals surface area contributed by atoms with E-state index in [9.17, 15) is 9.90 Å². The molecule has 1 aliphatic heterocycles. The van der Waals surface area contributed by atoms with Gasteiger partial charge < -0.3 is 5.11 Å². The molecule has 1 unspecified atom stereocenters. The number of hydrogen-bond acceptors (Lipinski definition) is 2. The fourth-order valence-corrected chi connectivity index (χ4v) is 2.93. The number of nitrogens with zero attached hydrogens (tertiary/aromatic N) is 1. The fraction of sp³-hybridized carbons (Fsp3) is 0.562. The molecule has 1 saturated heterocycles. The molecule has 0 aliphatic carbocycles. The molecule has 1 fully saturated rings. The molecule has 1 atom stereocenters. The predicted molar refractivity (Wildman–Crippen MR) is 76.2 cm³/mol. The van der Waals surface area contributed by atoms with Crippen molar-refractivity contribution in [3.8, 4) is 0 Å². The molecule has 1 aromatic rings. The molecule has 1 N–H and O–H groups in total. The first-order valence-electron chi connectivity index (χ1n) is 6.99. The standard InChI is InChI=1S/C16H23NO2/c1-4-16(15(18)19)8-9-17(11-16)10-14-7-5-6-12(2)13(14)3/h5-7H,4,8-11H2,1-3H3,(H,18,19). The second kappa shape index (κ2) is 5.33. The Labute approximate surface area is 115 Å². The van der Waals surface area contributed by atoms with E-state index >= 15 is 0 Å². The van der Waals surface area contributed by atoms with Crippen LogP contribution >= 0.6 is 0 Å². The summed E-state index contributed by atoms with van der Waals surface area (Å²) in [5.41, 5.74) is 3.42. The number of carbonyl (C=O) groups is 1. The highest BCUT2D eigenvalue weighted by Gasteiger charge is 2.43. The van der Waals surface area contributed by atoms with Gasteiger partial charge in [-0.3, -0.25) is 9.69 Å². The average molecular weight is 261 g/mol. The summed E-state index contributed by atoms with van der Waals surface area (Å²) in [4.78, 5) is 13.7. The molecule has 19 heavy (non-hydrogen) atoms. The first-order valence-corrected chi connectivity index (χ1v) is 6.99. The third-order valence-electron chi connectivity index (χ3n) is 4.67. The number of aryl methyl sites for hydroxylation is 1. The van der Waals surface area contributed by atoms with E-state index in [1.54, 1.807) is 0 Å². The SMILES string of the molecule is CCC1(C(=O)O)CCN(Cc2cccc(C)c2C)C1. The molecule has 104 valence electrons. The van der Waals surface area contributed by atoms with E-state index in [2.05, 4.69) is 36.9 Å². The van der Waals surface area contributed by atoms with Crippen LogP contribution in [0.1, 0.15) is 36.5 Å². The van der Waals surface area contributed by atoms with Crippen LogP contribution in [0, 0.1) is 19.3 Å². The van der Waals surface area contributed by atoms with Crippen LogP contribution in [0.3, 0.4) is 0 Å². The van der Waals surface area contributed by atoms with Crippen molar-refractivity contribution < 1.29 is 9.90 Å². The van der Waals surface area contributed by atoms with Crippen molar-refractivity contribution >= 4 is 5.97 Å². The molecular formula is C16H23NO2. The van der Waals surface area contributed by atoms with Gasteiger partial charge >= 0.3 is 5.97 Å². The van der Waals surface area contributed by atoms with Crippen LogP contribution in [-0.4, -0.2) is 29.1 Å². The molecule has 0 radical (unpaired) electrons. The van der Waals surface area contributed by atoms with E-state index in [1.165, 1.54) is 16.7 Å². The Balaban J connectivity index is 2.10. The van der Waals surface area contributed by atoms with E-state index in [-0.39, 0.29) is 0 Å². The summed E-state index contributed by atoms with van der Waals surface area (Å²) in [7, 11) is 0. The Hall–Kier alpha value is -1.35. The van der Waals surface area contributed by atoms with Crippen LogP contribution in [0.25, 0.3) is 0 Å². The van der Waals surface area contributed by atoms with E-state index in [1.807, 2.05) is 6.92 Å². The van der Waals surface area contributed by atoms with E-state index in [0.29, 0.717) is 13.0 Å². The Bertz CT molecular complexity index is 484. The van der Waals surface area contributed by atoms with Gasteiger partial charge in [0.05, 0.1) is 5.41 Å². The maximum Gasteiger partial charge on any atom is 0.310 e. The second-order valence-electron chi connectivity index (χ2n) is 5.76. The Morgan fingerprint density at radius 2 is 2.16 bits per heavy atom. The number of hydrogen-bond donors (Lipinski definition) is 1. The smallest absolute Gasteiger partial charge is 0.310 e. The number of carboxylic acid groups (broad SMARTS) is 1. The van der Waals surface area contributed by atoms with Gasteiger partial charge in [-0.2, -0.15) is 0 Å². The lowest BCUT2D eigenvalue weighted by Gasteiger charge is -2.23. The van der Waals surface area contributed by atoms with Crippen molar-refractivity contribution in [2.45, 2.75) is 40.2 Å². The van der Waals surface area contributed by atoms with Gasteiger partial charge in [-0.25, -0.2) is 0 Å². The van der Waals surface area contributed by atoms with E-state index in [4.69, 9.17) is 0 Å². The van der Waals surface area contributed by atoms with Crippen molar-refractivity contribution in [1.29, 1.82) is 0 Å². The summed E-state index contributed by atoms with van der Waals surface area (Å²) in [6.07, 6.45) is 1.48. The minimum atomic E-state index is -0.640. The molecular weight excluding hydrogens is 238 g/mol. The van der Waals surface area contributed by atoms with E-state index < -0.39 is 11.4 Å². The predicted octanol–water partition coefficient (Wildman–Crippen LogP) is 2.99. The summed E-state index contributed by atoms with van der Waals surface area (Å²) in [6, 6.07) is 6.35. The minimum Gasteiger partial charge on any atom is -0.481 e.